The average Bonchev–Trinajstić information content (AvgIpc) is 2.95. The van der Waals surface area contributed by atoms with E-state index < -0.39 is 11.7 Å². The Balaban J connectivity index is 0. The van der Waals surface area contributed by atoms with Crippen LogP contribution in [0.3, 0.4) is 0 Å². The first kappa shape index (κ1) is 40.4. The summed E-state index contributed by atoms with van der Waals surface area (Å²) in [6.07, 6.45) is 1.63. The zero-order valence-electron chi connectivity index (χ0n) is 26.2. The van der Waals surface area contributed by atoms with Gasteiger partial charge in [0.1, 0.15) is 0 Å². The van der Waals surface area contributed by atoms with Gasteiger partial charge in [0, 0.05) is 23.0 Å². The molecule has 0 aliphatic rings. The molecule has 0 unspecified atom stereocenters. The molecule has 0 spiro atoms. The van der Waals surface area contributed by atoms with Gasteiger partial charge in [0.15, 0.2) is 0 Å². The van der Waals surface area contributed by atoms with Crippen LogP contribution in [-0.2, 0) is 25.7 Å². The number of carbonyl (C=O) groups excluding carboxylic acids is 5. The Morgan fingerprint density at radius 2 is 1.38 bits per heavy atom. The van der Waals surface area contributed by atoms with Crippen LogP contribution < -0.4 is 26.0 Å². The van der Waals surface area contributed by atoms with Crippen LogP contribution in [0.4, 0.5) is 0 Å². The summed E-state index contributed by atoms with van der Waals surface area (Å²) < 4.78 is 2.96. The van der Waals surface area contributed by atoms with Gasteiger partial charge in [0.05, 0.1) is 13.1 Å². The van der Waals surface area contributed by atoms with Gasteiger partial charge >= 0.3 is 0 Å². The quantitative estimate of drug-likeness (QED) is 0.141. The van der Waals surface area contributed by atoms with Crippen molar-refractivity contribution in [2.45, 2.75) is 72.4 Å². The van der Waals surface area contributed by atoms with Crippen molar-refractivity contribution in [1.29, 1.82) is 0 Å². The molecule has 0 fully saturated rings. The summed E-state index contributed by atoms with van der Waals surface area (Å²) in [5, 5.41) is 9.89. The molecule has 2 rings (SSSR count). The van der Waals surface area contributed by atoms with Gasteiger partial charge in [-0.1, -0.05) is 71.4 Å². The monoisotopic (exact) mass is 603 g/mol. The van der Waals surface area contributed by atoms with E-state index in [0.717, 1.165) is 16.4 Å². The smallest absolute Gasteiger partial charge is 0.289 e. The summed E-state index contributed by atoms with van der Waals surface area (Å²) in [6, 6.07) is 16.5. The van der Waals surface area contributed by atoms with E-state index in [0.29, 0.717) is 12.0 Å². The van der Waals surface area contributed by atoms with Crippen LogP contribution in [0.1, 0.15) is 70.8 Å². The molecule has 0 aromatic heterocycles. The predicted octanol–water partition coefficient (Wildman–Crippen LogP) is 3.86. The first-order chi connectivity index (χ1) is 19.9. The van der Waals surface area contributed by atoms with Gasteiger partial charge < -0.3 is 21.3 Å². The second kappa shape index (κ2) is 26.2. The van der Waals surface area contributed by atoms with Gasteiger partial charge in [0.25, 0.3) is 11.8 Å². The van der Waals surface area contributed by atoms with Crippen molar-refractivity contribution in [2.75, 3.05) is 20.1 Å². The summed E-state index contributed by atoms with van der Waals surface area (Å²) in [7, 11) is 1.83. The third-order valence-corrected chi connectivity index (χ3v) is 4.80. The molecule has 0 aliphatic carbocycles. The molecule has 2 aromatic rings. The predicted molar refractivity (Wildman–Crippen MR) is 171 cm³/mol. The fourth-order valence-electron chi connectivity index (χ4n) is 2.51. The maximum atomic E-state index is 11.5. The van der Waals surface area contributed by atoms with E-state index in [-0.39, 0.29) is 37.5 Å². The molecule has 42 heavy (non-hydrogen) atoms. The fraction of sp³-hybridized carbons (Fsp3) is 0.452. The Morgan fingerprint density at radius 3 is 1.86 bits per heavy atom. The topological polar surface area (TPSA) is 146 Å². The number of nitrogens with one attached hydrogen (secondary N) is 5. The molecule has 0 bridgehead atoms. The van der Waals surface area contributed by atoms with Crippen molar-refractivity contribution in [3.8, 4) is 0 Å². The number of carbonyl (C=O) groups is 5. The maximum Gasteiger partial charge on any atom is 0.289 e. The number of ketones is 1. The minimum Gasteiger partial charge on any atom is -0.352 e. The van der Waals surface area contributed by atoms with E-state index in [1.165, 1.54) is 18.4 Å². The number of hydrogen-bond acceptors (Lipinski definition) is 7. The number of benzene rings is 2. The lowest BCUT2D eigenvalue weighted by atomic mass is 10.2. The summed E-state index contributed by atoms with van der Waals surface area (Å²) >= 11 is 1.49. The van der Waals surface area contributed by atoms with Crippen LogP contribution in [0.2, 0.25) is 0 Å². The molecule has 0 saturated heterocycles. The largest absolute Gasteiger partial charge is 0.352 e. The maximum absolute atomic E-state index is 11.5. The van der Waals surface area contributed by atoms with Crippen LogP contribution in [0.25, 0.3) is 0 Å². The molecule has 5 N–H and O–H groups in total. The normalized spacial score (nSPS) is 9.48. The summed E-state index contributed by atoms with van der Waals surface area (Å²) in [4.78, 5) is 56.4. The summed E-state index contributed by atoms with van der Waals surface area (Å²) in [5.41, 5.74) is 1.45. The molecule has 0 heterocycles. The fourth-order valence-corrected chi connectivity index (χ4v) is 3.02. The van der Waals surface area contributed by atoms with E-state index in [2.05, 4.69) is 60.6 Å². The highest BCUT2D eigenvalue weighted by atomic mass is 32.2. The van der Waals surface area contributed by atoms with Crippen LogP contribution in [0, 0.1) is 5.92 Å². The lowest BCUT2D eigenvalue weighted by molar-refractivity contribution is -0.137. The molecular formula is C31H49N5O5S. The average molecular weight is 604 g/mol. The van der Waals surface area contributed by atoms with E-state index in [1.807, 2.05) is 51.2 Å². The van der Waals surface area contributed by atoms with Gasteiger partial charge in [-0.3, -0.25) is 28.7 Å². The second-order valence-electron chi connectivity index (χ2n) is 9.76. The number of hydrogen-bond donors (Lipinski definition) is 5. The van der Waals surface area contributed by atoms with Crippen molar-refractivity contribution >= 4 is 41.9 Å². The molecule has 0 aliphatic heterocycles. The van der Waals surface area contributed by atoms with Gasteiger partial charge in [0.2, 0.25) is 18.1 Å². The standard InChI is InChI=1S/C12H15N3O3S.C12H16N2O2.C4H10.C3H8/c1-13-19-10-4-2-9(3-5-10)6-15-12(18)11(17)7-14-8-16;1-9(2)14-11(15)8-13-12(16)10-6-4-3-5-7-10;1-4(2)3;1-3-2/h2-5,8,13H,6-7H2,1H3,(H,14,16)(H,15,18);3-7,9H,8H2,1-2H3,(H,13,16)(H,14,15);4H,1-3H3;3H2,1-2H3. The van der Waals surface area contributed by atoms with Crippen molar-refractivity contribution in [3.05, 3.63) is 65.7 Å². The van der Waals surface area contributed by atoms with E-state index in [1.54, 1.807) is 24.3 Å². The Morgan fingerprint density at radius 1 is 0.833 bits per heavy atom. The van der Waals surface area contributed by atoms with Crippen LogP contribution in [-0.4, -0.2) is 56.1 Å². The number of rotatable bonds is 12. The summed E-state index contributed by atoms with van der Waals surface area (Å²) in [6.45, 7) is 14.5. The van der Waals surface area contributed by atoms with Crippen LogP contribution in [0.5, 0.6) is 0 Å². The van der Waals surface area contributed by atoms with Gasteiger partial charge in [-0.2, -0.15) is 0 Å². The molecule has 0 atom stereocenters. The lowest BCUT2D eigenvalue weighted by Crippen LogP contribution is -2.39. The third kappa shape index (κ3) is 24.1. The highest BCUT2D eigenvalue weighted by Gasteiger charge is 2.12. The Kier molecular flexibility index (Phi) is 25.2. The first-order valence-electron chi connectivity index (χ1n) is 13.9. The second-order valence-corrected chi connectivity index (χ2v) is 10.8. The van der Waals surface area contributed by atoms with Crippen molar-refractivity contribution in [2.24, 2.45) is 5.92 Å². The first-order valence-corrected chi connectivity index (χ1v) is 14.8. The number of amides is 4. The highest BCUT2D eigenvalue weighted by molar-refractivity contribution is 7.97. The minimum absolute atomic E-state index is 0.00586. The molecule has 0 radical (unpaired) electrons. The molecule has 234 valence electrons. The van der Waals surface area contributed by atoms with E-state index in [9.17, 15) is 24.0 Å². The third-order valence-electron chi connectivity index (χ3n) is 4.09. The minimum atomic E-state index is -0.706. The molecule has 0 saturated carbocycles. The van der Waals surface area contributed by atoms with Gasteiger partial charge in [-0.25, -0.2) is 0 Å². The Hall–Kier alpha value is -3.70. The van der Waals surface area contributed by atoms with E-state index >= 15 is 0 Å². The highest BCUT2D eigenvalue weighted by Crippen LogP contribution is 2.14. The molecule has 4 amide bonds. The van der Waals surface area contributed by atoms with Crippen molar-refractivity contribution in [1.82, 2.24) is 26.0 Å². The lowest BCUT2D eigenvalue weighted by Gasteiger charge is -2.09. The molecule has 11 heteroatoms. The number of Topliss-reactive ketones (excluding diaryl/α,β-unsaturated/α-hetero) is 1. The molecule has 10 nitrogen and oxygen atoms in total. The zero-order chi connectivity index (χ0) is 32.3. The van der Waals surface area contributed by atoms with E-state index in [4.69, 9.17) is 0 Å². The zero-order valence-corrected chi connectivity index (χ0v) is 27.0. The Bertz CT molecular complexity index is 1030. The van der Waals surface area contributed by atoms with Crippen LogP contribution in [0.15, 0.2) is 59.5 Å². The SMILES string of the molecule is CC(C)C.CC(C)NC(=O)CNC(=O)c1ccccc1.CCC.CNSc1ccc(CNC(=O)C(=O)CNC=O)cc1. The van der Waals surface area contributed by atoms with Gasteiger partial charge in [-0.15, -0.1) is 0 Å². The molecule has 2 aromatic carbocycles. The summed E-state index contributed by atoms with van der Waals surface area (Å²) in [5.74, 6) is -0.962. The molecular weight excluding hydrogens is 554 g/mol. The van der Waals surface area contributed by atoms with Crippen molar-refractivity contribution in [3.63, 3.8) is 0 Å². The Labute approximate surface area is 255 Å². The van der Waals surface area contributed by atoms with Crippen molar-refractivity contribution < 1.29 is 24.0 Å². The van der Waals surface area contributed by atoms with Crippen LogP contribution >= 0.6 is 11.9 Å². The van der Waals surface area contributed by atoms with Gasteiger partial charge in [-0.05, 0) is 68.6 Å².